The van der Waals surface area contributed by atoms with E-state index in [2.05, 4.69) is 16.0 Å². The molecule has 0 saturated heterocycles. The Balaban J connectivity index is 1.76. The second-order valence-corrected chi connectivity index (χ2v) is 5.72. The molecule has 0 aromatic heterocycles. The Morgan fingerprint density at radius 3 is 2.26 bits per heavy atom. The normalized spacial score (nSPS) is 13.5. The largest absolute Gasteiger partial charge is 0.355 e. The molecule has 1 aliphatic carbocycles. The van der Waals surface area contributed by atoms with Gasteiger partial charge >= 0.3 is 0 Å². The molecule has 1 aliphatic rings. The molecule has 0 atom stereocenters. The minimum absolute atomic E-state index is 0.0577. The van der Waals surface area contributed by atoms with Gasteiger partial charge in [-0.25, -0.2) is 0 Å². The van der Waals surface area contributed by atoms with E-state index in [1.54, 1.807) is 43.3 Å². The van der Waals surface area contributed by atoms with E-state index in [0.29, 0.717) is 17.3 Å². The van der Waals surface area contributed by atoms with Crippen LogP contribution in [0.4, 0.5) is 5.69 Å². The molecule has 0 spiro atoms. The van der Waals surface area contributed by atoms with Gasteiger partial charge in [-0.1, -0.05) is 0 Å². The summed E-state index contributed by atoms with van der Waals surface area (Å²) in [6.45, 7) is 0.314. The Hall–Kier alpha value is -2.41. The fourth-order valence-electron chi connectivity index (χ4n) is 2.10. The number of likely N-dealkylation sites (N-methyl/N-ethyl adjacent to an activating group) is 1. The molecular formula is C16H22N4O3. The summed E-state index contributed by atoms with van der Waals surface area (Å²) < 4.78 is 0. The predicted octanol–water partition coefficient (Wildman–Crippen LogP) is 0.195. The van der Waals surface area contributed by atoms with Crippen molar-refractivity contribution in [3.63, 3.8) is 0 Å². The van der Waals surface area contributed by atoms with Crippen LogP contribution in [0.5, 0.6) is 0 Å². The molecule has 0 aliphatic heterocycles. The van der Waals surface area contributed by atoms with Gasteiger partial charge in [-0.05, 0) is 44.2 Å². The van der Waals surface area contributed by atoms with E-state index in [0.717, 1.165) is 12.8 Å². The first-order valence-electron chi connectivity index (χ1n) is 7.58. The molecule has 3 amide bonds. The highest BCUT2D eigenvalue weighted by molar-refractivity contribution is 5.96. The summed E-state index contributed by atoms with van der Waals surface area (Å²) in [7, 11) is 3.29. The number of hydrogen-bond acceptors (Lipinski definition) is 4. The summed E-state index contributed by atoms with van der Waals surface area (Å²) in [5.41, 5.74) is 1.14. The Morgan fingerprint density at radius 2 is 1.70 bits per heavy atom. The van der Waals surface area contributed by atoms with Gasteiger partial charge in [0.2, 0.25) is 11.8 Å². The Bertz CT molecular complexity index is 581. The number of carbonyl (C=O) groups is 3. The lowest BCUT2D eigenvalue weighted by atomic mass is 10.2. The zero-order valence-corrected chi connectivity index (χ0v) is 13.4. The highest BCUT2D eigenvalue weighted by Crippen LogP contribution is 2.18. The molecule has 0 unspecified atom stereocenters. The quantitative estimate of drug-likeness (QED) is 0.670. The monoisotopic (exact) mass is 318 g/mol. The maximum atomic E-state index is 12.0. The molecule has 1 aromatic carbocycles. The first kappa shape index (κ1) is 17.0. The summed E-state index contributed by atoms with van der Waals surface area (Å²) in [5.74, 6) is -0.443. The molecular weight excluding hydrogens is 296 g/mol. The van der Waals surface area contributed by atoms with Gasteiger partial charge in [-0.3, -0.25) is 19.3 Å². The maximum absolute atomic E-state index is 12.0. The molecule has 124 valence electrons. The topological polar surface area (TPSA) is 90.5 Å². The van der Waals surface area contributed by atoms with Crippen molar-refractivity contribution in [2.24, 2.45) is 0 Å². The van der Waals surface area contributed by atoms with Gasteiger partial charge in [0.25, 0.3) is 5.91 Å². The highest BCUT2D eigenvalue weighted by atomic mass is 16.2. The van der Waals surface area contributed by atoms with Crippen LogP contribution in [-0.2, 0) is 9.59 Å². The van der Waals surface area contributed by atoms with Gasteiger partial charge in [-0.2, -0.15) is 0 Å². The molecule has 23 heavy (non-hydrogen) atoms. The van der Waals surface area contributed by atoms with E-state index in [1.807, 2.05) is 0 Å². The van der Waals surface area contributed by atoms with Gasteiger partial charge in [0.05, 0.1) is 13.1 Å². The van der Waals surface area contributed by atoms with Crippen molar-refractivity contribution in [1.29, 1.82) is 0 Å². The first-order valence-corrected chi connectivity index (χ1v) is 7.58. The molecule has 0 radical (unpaired) electrons. The van der Waals surface area contributed by atoms with Gasteiger partial charge in [0.15, 0.2) is 0 Å². The molecule has 3 N–H and O–H groups in total. The highest BCUT2D eigenvalue weighted by Gasteiger charge is 2.23. The average molecular weight is 318 g/mol. The molecule has 0 heterocycles. The number of rotatable bonds is 7. The van der Waals surface area contributed by atoms with Crippen molar-refractivity contribution in [3.8, 4) is 0 Å². The van der Waals surface area contributed by atoms with Gasteiger partial charge in [0.1, 0.15) is 0 Å². The van der Waals surface area contributed by atoms with Crippen LogP contribution in [0.25, 0.3) is 0 Å². The fourth-order valence-corrected chi connectivity index (χ4v) is 2.10. The maximum Gasteiger partial charge on any atom is 0.251 e. The molecule has 2 rings (SSSR count). The molecule has 7 nitrogen and oxygen atoms in total. The third kappa shape index (κ3) is 5.71. The van der Waals surface area contributed by atoms with Crippen molar-refractivity contribution in [3.05, 3.63) is 29.8 Å². The molecule has 1 saturated carbocycles. The summed E-state index contributed by atoms with van der Waals surface area (Å²) in [4.78, 5) is 36.7. The van der Waals surface area contributed by atoms with Crippen LogP contribution in [0.15, 0.2) is 24.3 Å². The number of amides is 3. The van der Waals surface area contributed by atoms with E-state index in [-0.39, 0.29) is 30.8 Å². The molecule has 7 heteroatoms. The average Bonchev–Trinajstić information content (AvgIpc) is 3.30. The predicted molar refractivity (Wildman–Crippen MR) is 87.1 cm³/mol. The summed E-state index contributed by atoms with van der Waals surface area (Å²) in [6, 6.07) is 6.94. The van der Waals surface area contributed by atoms with Crippen LogP contribution in [0.3, 0.4) is 0 Å². The van der Waals surface area contributed by atoms with Gasteiger partial charge < -0.3 is 16.0 Å². The summed E-state index contributed by atoms with van der Waals surface area (Å²) >= 11 is 0. The van der Waals surface area contributed by atoms with E-state index in [1.165, 1.54) is 0 Å². The van der Waals surface area contributed by atoms with E-state index in [4.69, 9.17) is 0 Å². The molecule has 1 aromatic rings. The summed E-state index contributed by atoms with van der Waals surface area (Å²) in [5, 5.41) is 8.15. The lowest BCUT2D eigenvalue weighted by molar-refractivity contribution is -0.123. The third-order valence-electron chi connectivity index (χ3n) is 3.43. The number of nitrogens with zero attached hydrogens (tertiary/aromatic N) is 1. The van der Waals surface area contributed by atoms with Crippen LogP contribution < -0.4 is 16.0 Å². The Morgan fingerprint density at radius 1 is 1.09 bits per heavy atom. The SMILES string of the molecule is CNC(=O)c1ccc(NC(=O)CN(C)CC(=O)NC2CC2)cc1. The fraction of sp³-hybridized carbons (Fsp3) is 0.438. The summed E-state index contributed by atoms with van der Waals surface area (Å²) in [6.07, 6.45) is 2.09. The minimum Gasteiger partial charge on any atom is -0.355 e. The first-order chi connectivity index (χ1) is 11.0. The standard InChI is InChI=1S/C16H22N4O3/c1-17-16(23)11-3-5-12(6-4-11)18-14(21)9-20(2)10-15(22)19-13-7-8-13/h3-6,13H,7-10H2,1-2H3,(H,17,23)(H,18,21)(H,19,22). The number of nitrogens with one attached hydrogen (secondary N) is 3. The second-order valence-electron chi connectivity index (χ2n) is 5.72. The van der Waals surface area contributed by atoms with Crippen molar-refractivity contribution in [1.82, 2.24) is 15.5 Å². The smallest absolute Gasteiger partial charge is 0.251 e. The van der Waals surface area contributed by atoms with E-state index < -0.39 is 0 Å². The van der Waals surface area contributed by atoms with Crippen LogP contribution >= 0.6 is 0 Å². The zero-order valence-electron chi connectivity index (χ0n) is 13.4. The molecule has 0 bridgehead atoms. The van der Waals surface area contributed by atoms with Crippen LogP contribution in [-0.4, -0.2) is 55.8 Å². The number of benzene rings is 1. The number of hydrogen-bond donors (Lipinski definition) is 3. The van der Waals surface area contributed by atoms with Gasteiger partial charge in [0, 0.05) is 24.3 Å². The Labute approximate surface area is 135 Å². The van der Waals surface area contributed by atoms with Crippen LogP contribution in [0.2, 0.25) is 0 Å². The lowest BCUT2D eigenvalue weighted by Gasteiger charge is -2.16. The van der Waals surface area contributed by atoms with Crippen LogP contribution in [0.1, 0.15) is 23.2 Å². The number of anilines is 1. The lowest BCUT2D eigenvalue weighted by Crippen LogP contribution is -2.39. The number of carbonyl (C=O) groups excluding carboxylic acids is 3. The van der Waals surface area contributed by atoms with Crippen molar-refractivity contribution in [2.45, 2.75) is 18.9 Å². The van der Waals surface area contributed by atoms with E-state index >= 15 is 0 Å². The van der Waals surface area contributed by atoms with Crippen molar-refractivity contribution < 1.29 is 14.4 Å². The Kier molecular flexibility index (Phi) is 5.70. The van der Waals surface area contributed by atoms with E-state index in [9.17, 15) is 14.4 Å². The van der Waals surface area contributed by atoms with Crippen molar-refractivity contribution >= 4 is 23.4 Å². The third-order valence-corrected chi connectivity index (χ3v) is 3.43. The minimum atomic E-state index is -0.209. The van der Waals surface area contributed by atoms with Crippen LogP contribution in [0, 0.1) is 0 Å². The second kappa shape index (κ2) is 7.73. The zero-order chi connectivity index (χ0) is 16.8. The van der Waals surface area contributed by atoms with Crippen molar-refractivity contribution in [2.75, 3.05) is 32.5 Å². The van der Waals surface area contributed by atoms with Gasteiger partial charge in [-0.15, -0.1) is 0 Å². The molecule has 1 fully saturated rings.